The molecule has 2 heterocycles. The topological polar surface area (TPSA) is 73.0 Å². The third-order valence-electron chi connectivity index (χ3n) is 3.57. The number of aromatic nitrogens is 3. The van der Waals surface area contributed by atoms with Gasteiger partial charge in [0, 0.05) is 12.7 Å². The number of nitrogens with one attached hydrogen (secondary N) is 1. The summed E-state index contributed by atoms with van der Waals surface area (Å²) in [6.07, 6.45) is 0. The first kappa shape index (κ1) is 15.0. The number of halogens is 1. The Bertz CT molecular complexity index is 845. The van der Waals surface area contributed by atoms with Crippen LogP contribution in [-0.4, -0.2) is 20.8 Å². The smallest absolute Gasteiger partial charge is 0.278 e. The van der Waals surface area contributed by atoms with E-state index in [2.05, 4.69) is 15.6 Å². The molecule has 0 atom stereocenters. The summed E-state index contributed by atoms with van der Waals surface area (Å²) in [5, 5.41) is 10.7. The van der Waals surface area contributed by atoms with Crippen LogP contribution in [0, 0.1) is 19.7 Å². The summed E-state index contributed by atoms with van der Waals surface area (Å²) in [6.45, 7) is 3.61. The van der Waals surface area contributed by atoms with Crippen molar-refractivity contribution in [1.29, 1.82) is 0 Å². The summed E-state index contributed by atoms with van der Waals surface area (Å²) in [5.74, 6) is -0.520. The second kappa shape index (κ2) is 5.68. The second-order valence-corrected chi connectivity index (χ2v) is 5.23. The number of amides is 1. The number of carbonyl (C=O) groups is 1. The van der Waals surface area contributed by atoms with Crippen LogP contribution in [0.2, 0.25) is 0 Å². The SMILES string of the molecule is Cc1noc(NC(=O)c2cc(C)n(C)n2)c1-c1ccc(F)cc1. The summed E-state index contributed by atoms with van der Waals surface area (Å²) in [5.41, 5.74) is 3.07. The van der Waals surface area contributed by atoms with Gasteiger partial charge in [0.2, 0.25) is 5.88 Å². The summed E-state index contributed by atoms with van der Waals surface area (Å²) >= 11 is 0. The van der Waals surface area contributed by atoms with Crippen molar-refractivity contribution < 1.29 is 13.7 Å². The van der Waals surface area contributed by atoms with Crippen molar-refractivity contribution in [3.05, 3.63) is 53.2 Å². The Balaban J connectivity index is 1.92. The Labute approximate surface area is 131 Å². The number of nitrogens with zero attached hydrogens (tertiary/aromatic N) is 3. The number of carbonyl (C=O) groups excluding carboxylic acids is 1. The minimum Gasteiger partial charge on any atom is -0.337 e. The molecule has 0 saturated heterocycles. The van der Waals surface area contributed by atoms with E-state index in [0.29, 0.717) is 16.8 Å². The third-order valence-corrected chi connectivity index (χ3v) is 3.57. The molecule has 0 aliphatic rings. The average Bonchev–Trinajstić information content (AvgIpc) is 3.04. The average molecular weight is 314 g/mol. The van der Waals surface area contributed by atoms with E-state index in [9.17, 15) is 9.18 Å². The molecule has 1 amide bonds. The summed E-state index contributed by atoms with van der Waals surface area (Å²) < 4.78 is 19.9. The molecule has 7 heteroatoms. The first-order valence-electron chi connectivity index (χ1n) is 7.00. The lowest BCUT2D eigenvalue weighted by molar-refractivity contribution is 0.101. The summed E-state index contributed by atoms with van der Waals surface area (Å²) in [6, 6.07) is 7.58. The maximum absolute atomic E-state index is 13.1. The Hall–Kier alpha value is -2.96. The first-order chi connectivity index (χ1) is 11.0. The van der Waals surface area contributed by atoms with E-state index in [4.69, 9.17) is 4.52 Å². The van der Waals surface area contributed by atoms with Crippen LogP contribution in [0.3, 0.4) is 0 Å². The van der Waals surface area contributed by atoms with Crippen LogP contribution < -0.4 is 5.32 Å². The van der Waals surface area contributed by atoms with Gasteiger partial charge in [-0.15, -0.1) is 0 Å². The number of aryl methyl sites for hydroxylation is 3. The quantitative estimate of drug-likeness (QED) is 0.806. The highest BCUT2D eigenvalue weighted by Crippen LogP contribution is 2.31. The van der Waals surface area contributed by atoms with Crippen LogP contribution in [0.1, 0.15) is 21.9 Å². The van der Waals surface area contributed by atoms with Crippen molar-refractivity contribution in [2.75, 3.05) is 5.32 Å². The molecule has 3 rings (SSSR count). The minimum atomic E-state index is -0.395. The van der Waals surface area contributed by atoms with E-state index in [1.807, 2.05) is 6.92 Å². The summed E-state index contributed by atoms with van der Waals surface area (Å²) in [4.78, 5) is 12.3. The van der Waals surface area contributed by atoms with Crippen LogP contribution in [0.25, 0.3) is 11.1 Å². The molecule has 6 nitrogen and oxygen atoms in total. The Morgan fingerprint density at radius 2 is 1.96 bits per heavy atom. The minimum absolute atomic E-state index is 0.211. The lowest BCUT2D eigenvalue weighted by atomic mass is 10.1. The van der Waals surface area contributed by atoms with Gasteiger partial charge < -0.3 is 4.52 Å². The van der Waals surface area contributed by atoms with E-state index in [1.54, 1.807) is 36.9 Å². The molecule has 118 valence electrons. The third kappa shape index (κ3) is 2.85. The molecule has 1 aromatic carbocycles. The molecule has 0 aliphatic heterocycles. The molecule has 1 N–H and O–H groups in total. The molecule has 3 aromatic rings. The molecular weight excluding hydrogens is 299 g/mol. The highest BCUT2D eigenvalue weighted by atomic mass is 19.1. The number of rotatable bonds is 3. The van der Waals surface area contributed by atoms with Crippen molar-refractivity contribution in [3.8, 4) is 11.1 Å². The molecule has 2 aromatic heterocycles. The second-order valence-electron chi connectivity index (χ2n) is 5.23. The van der Waals surface area contributed by atoms with E-state index in [-0.39, 0.29) is 17.4 Å². The lowest BCUT2D eigenvalue weighted by Gasteiger charge is -2.03. The van der Waals surface area contributed by atoms with Crippen molar-refractivity contribution in [2.45, 2.75) is 13.8 Å². The Morgan fingerprint density at radius 3 is 2.57 bits per heavy atom. The fraction of sp³-hybridized carbons (Fsp3) is 0.188. The van der Waals surface area contributed by atoms with Crippen molar-refractivity contribution in [3.63, 3.8) is 0 Å². The van der Waals surface area contributed by atoms with Gasteiger partial charge in [0.05, 0.1) is 11.3 Å². The van der Waals surface area contributed by atoms with Gasteiger partial charge in [-0.05, 0) is 37.6 Å². The standard InChI is InChI=1S/C16H15FN4O2/c1-9-8-13(19-21(9)3)15(22)18-16-14(10(2)20-23-16)11-4-6-12(17)7-5-11/h4-8H,1-3H3,(H,18,22). The van der Waals surface area contributed by atoms with Crippen molar-refractivity contribution in [1.82, 2.24) is 14.9 Å². The highest BCUT2D eigenvalue weighted by Gasteiger charge is 2.19. The molecule has 0 fully saturated rings. The number of anilines is 1. The zero-order chi connectivity index (χ0) is 16.6. The van der Waals surface area contributed by atoms with Gasteiger partial charge in [0.1, 0.15) is 5.82 Å². The van der Waals surface area contributed by atoms with E-state index in [0.717, 1.165) is 5.69 Å². The van der Waals surface area contributed by atoms with Crippen molar-refractivity contribution in [2.24, 2.45) is 7.05 Å². The maximum atomic E-state index is 13.1. The zero-order valence-corrected chi connectivity index (χ0v) is 12.9. The fourth-order valence-electron chi connectivity index (χ4n) is 2.25. The van der Waals surface area contributed by atoms with Gasteiger partial charge in [-0.2, -0.15) is 5.10 Å². The predicted octanol–water partition coefficient (Wildman–Crippen LogP) is 3.08. The normalized spacial score (nSPS) is 10.8. The molecule has 0 saturated carbocycles. The van der Waals surface area contributed by atoms with Crippen LogP contribution in [0.15, 0.2) is 34.9 Å². The number of benzene rings is 1. The van der Waals surface area contributed by atoms with Gasteiger partial charge in [0.15, 0.2) is 5.69 Å². The van der Waals surface area contributed by atoms with Gasteiger partial charge in [-0.25, -0.2) is 4.39 Å². The van der Waals surface area contributed by atoms with Crippen molar-refractivity contribution >= 4 is 11.8 Å². The van der Waals surface area contributed by atoms with Gasteiger partial charge in [-0.3, -0.25) is 14.8 Å². The van der Waals surface area contributed by atoms with Gasteiger partial charge >= 0.3 is 0 Å². The van der Waals surface area contributed by atoms with Gasteiger partial charge in [-0.1, -0.05) is 17.3 Å². The summed E-state index contributed by atoms with van der Waals surface area (Å²) in [7, 11) is 1.76. The van der Waals surface area contributed by atoms with Crippen LogP contribution in [-0.2, 0) is 7.05 Å². The molecular formula is C16H15FN4O2. The lowest BCUT2D eigenvalue weighted by Crippen LogP contribution is -2.13. The Morgan fingerprint density at radius 1 is 1.26 bits per heavy atom. The zero-order valence-electron chi connectivity index (χ0n) is 12.9. The number of hydrogen-bond acceptors (Lipinski definition) is 4. The molecule has 0 unspecified atom stereocenters. The largest absolute Gasteiger partial charge is 0.337 e. The number of hydrogen-bond donors (Lipinski definition) is 1. The van der Waals surface area contributed by atoms with Gasteiger partial charge in [0.25, 0.3) is 5.91 Å². The fourth-order valence-corrected chi connectivity index (χ4v) is 2.25. The van der Waals surface area contributed by atoms with Crippen LogP contribution >= 0.6 is 0 Å². The van der Waals surface area contributed by atoms with E-state index < -0.39 is 5.91 Å². The van der Waals surface area contributed by atoms with Crippen LogP contribution in [0.4, 0.5) is 10.3 Å². The molecule has 0 aliphatic carbocycles. The first-order valence-corrected chi connectivity index (χ1v) is 7.00. The Kier molecular flexibility index (Phi) is 3.69. The molecule has 0 radical (unpaired) electrons. The molecule has 0 bridgehead atoms. The van der Waals surface area contributed by atoms with E-state index in [1.165, 1.54) is 12.1 Å². The maximum Gasteiger partial charge on any atom is 0.278 e. The van der Waals surface area contributed by atoms with Crippen LogP contribution in [0.5, 0.6) is 0 Å². The molecule has 0 spiro atoms. The monoisotopic (exact) mass is 314 g/mol. The highest BCUT2D eigenvalue weighted by molar-refractivity contribution is 6.04. The van der Waals surface area contributed by atoms with E-state index >= 15 is 0 Å². The molecule has 23 heavy (non-hydrogen) atoms. The predicted molar refractivity (Wildman–Crippen MR) is 82.5 cm³/mol.